The zero-order chi connectivity index (χ0) is 15.1. The van der Waals surface area contributed by atoms with Crippen LogP contribution >= 0.6 is 0 Å². The highest BCUT2D eigenvalue weighted by molar-refractivity contribution is 5.78. The van der Waals surface area contributed by atoms with E-state index in [9.17, 15) is 4.79 Å². The number of hydrogen-bond donors (Lipinski definition) is 2. The molecule has 4 heteroatoms. The van der Waals surface area contributed by atoms with E-state index in [-0.39, 0.29) is 11.9 Å². The molecular formula is C16H33N3O. The summed E-state index contributed by atoms with van der Waals surface area (Å²) in [7, 11) is 0. The van der Waals surface area contributed by atoms with E-state index in [0.29, 0.717) is 24.4 Å². The van der Waals surface area contributed by atoms with Crippen LogP contribution in [0.1, 0.15) is 53.4 Å². The minimum Gasteiger partial charge on any atom is -0.352 e. The molecule has 4 nitrogen and oxygen atoms in total. The second-order valence-electron chi connectivity index (χ2n) is 6.51. The first-order valence-corrected chi connectivity index (χ1v) is 8.23. The molecule has 1 rings (SSSR count). The average Bonchev–Trinajstić information content (AvgIpc) is 2.44. The highest BCUT2D eigenvalue weighted by Gasteiger charge is 2.29. The number of hydrogen-bond acceptors (Lipinski definition) is 3. The van der Waals surface area contributed by atoms with Crippen LogP contribution in [0.3, 0.4) is 0 Å². The predicted octanol–water partition coefficient (Wildman–Crippen LogP) is 1.99. The zero-order valence-corrected chi connectivity index (χ0v) is 13.7. The number of likely N-dealkylation sites (N-methyl/N-ethyl adjacent to an activating group) is 1. The number of amides is 1. The third kappa shape index (κ3) is 5.06. The Balaban J connectivity index is 2.54. The van der Waals surface area contributed by atoms with Crippen LogP contribution in [-0.4, -0.2) is 42.5 Å². The van der Waals surface area contributed by atoms with Crippen molar-refractivity contribution in [3.8, 4) is 0 Å². The normalized spacial score (nSPS) is 24.9. The van der Waals surface area contributed by atoms with E-state index in [0.717, 1.165) is 13.1 Å². The lowest BCUT2D eigenvalue weighted by atomic mass is 9.83. The molecule has 20 heavy (non-hydrogen) atoms. The molecule has 0 aromatic heterocycles. The number of nitrogens with zero attached hydrogens (tertiary/aromatic N) is 1. The van der Waals surface area contributed by atoms with Crippen molar-refractivity contribution in [3.05, 3.63) is 0 Å². The molecule has 1 amide bonds. The lowest BCUT2D eigenvalue weighted by Crippen LogP contribution is -2.50. The van der Waals surface area contributed by atoms with E-state index in [1.807, 2.05) is 0 Å². The van der Waals surface area contributed by atoms with E-state index < -0.39 is 0 Å². The van der Waals surface area contributed by atoms with Gasteiger partial charge in [0.15, 0.2) is 0 Å². The largest absolute Gasteiger partial charge is 0.352 e. The Morgan fingerprint density at radius 1 is 1.30 bits per heavy atom. The molecule has 0 bridgehead atoms. The van der Waals surface area contributed by atoms with E-state index in [4.69, 9.17) is 5.73 Å². The van der Waals surface area contributed by atoms with Gasteiger partial charge in [-0.3, -0.25) is 9.69 Å². The van der Waals surface area contributed by atoms with Crippen molar-refractivity contribution in [2.45, 2.75) is 65.5 Å². The molecule has 0 saturated heterocycles. The topological polar surface area (TPSA) is 58.4 Å². The lowest BCUT2D eigenvalue weighted by Gasteiger charge is -2.39. The first-order chi connectivity index (χ1) is 9.49. The molecule has 0 aromatic carbocycles. The Labute approximate surface area is 124 Å². The summed E-state index contributed by atoms with van der Waals surface area (Å²) in [5, 5.41) is 3.10. The molecular weight excluding hydrogens is 250 g/mol. The Kier molecular flexibility index (Phi) is 7.52. The maximum atomic E-state index is 12.2. The molecule has 118 valence electrons. The standard InChI is InChI=1S/C16H33N3O/c1-5-19(11-16(20)18-13(4)12(2)3)15-9-7-6-8-14(15)10-17/h12-15H,5-11,17H2,1-4H3,(H,18,20). The number of carbonyl (C=O) groups is 1. The van der Waals surface area contributed by atoms with Crippen molar-refractivity contribution in [2.75, 3.05) is 19.6 Å². The van der Waals surface area contributed by atoms with Gasteiger partial charge in [-0.1, -0.05) is 33.6 Å². The third-order valence-electron chi connectivity index (χ3n) is 4.78. The van der Waals surface area contributed by atoms with Crippen LogP contribution in [0.15, 0.2) is 0 Å². The molecule has 0 heterocycles. The summed E-state index contributed by atoms with van der Waals surface area (Å²) in [4.78, 5) is 14.5. The molecule has 0 aromatic rings. The fraction of sp³-hybridized carbons (Fsp3) is 0.938. The number of carbonyl (C=O) groups excluding carboxylic acids is 1. The fourth-order valence-electron chi connectivity index (χ4n) is 3.06. The van der Waals surface area contributed by atoms with Crippen LogP contribution in [-0.2, 0) is 4.79 Å². The Morgan fingerprint density at radius 2 is 1.95 bits per heavy atom. The quantitative estimate of drug-likeness (QED) is 0.751. The molecule has 3 unspecified atom stereocenters. The van der Waals surface area contributed by atoms with Crippen LogP contribution in [0.2, 0.25) is 0 Å². The Morgan fingerprint density at radius 3 is 2.50 bits per heavy atom. The van der Waals surface area contributed by atoms with Crippen molar-refractivity contribution in [2.24, 2.45) is 17.6 Å². The monoisotopic (exact) mass is 283 g/mol. The molecule has 1 saturated carbocycles. The summed E-state index contributed by atoms with van der Waals surface area (Å²) in [5.41, 5.74) is 5.91. The van der Waals surface area contributed by atoms with Crippen LogP contribution < -0.4 is 11.1 Å². The van der Waals surface area contributed by atoms with Gasteiger partial charge in [-0.05, 0) is 44.7 Å². The maximum Gasteiger partial charge on any atom is 0.234 e. The van der Waals surface area contributed by atoms with Gasteiger partial charge in [0.1, 0.15) is 0 Å². The van der Waals surface area contributed by atoms with Gasteiger partial charge in [0.2, 0.25) is 5.91 Å². The Bertz CT molecular complexity index is 293. The van der Waals surface area contributed by atoms with Crippen LogP contribution in [0.25, 0.3) is 0 Å². The average molecular weight is 283 g/mol. The van der Waals surface area contributed by atoms with Crippen molar-refractivity contribution in [1.82, 2.24) is 10.2 Å². The van der Waals surface area contributed by atoms with Gasteiger partial charge in [0.05, 0.1) is 6.54 Å². The molecule has 1 aliphatic carbocycles. The van der Waals surface area contributed by atoms with Crippen molar-refractivity contribution in [3.63, 3.8) is 0 Å². The van der Waals surface area contributed by atoms with Crippen molar-refractivity contribution >= 4 is 5.91 Å². The number of nitrogens with one attached hydrogen (secondary N) is 1. The SMILES string of the molecule is CCN(CC(=O)NC(C)C(C)C)C1CCCCC1CN. The van der Waals surface area contributed by atoms with Gasteiger partial charge in [0, 0.05) is 12.1 Å². The van der Waals surface area contributed by atoms with E-state index in [2.05, 4.69) is 37.9 Å². The molecule has 1 fully saturated rings. The van der Waals surface area contributed by atoms with Gasteiger partial charge in [-0.2, -0.15) is 0 Å². The van der Waals surface area contributed by atoms with Gasteiger partial charge in [-0.25, -0.2) is 0 Å². The van der Waals surface area contributed by atoms with E-state index in [1.165, 1.54) is 25.7 Å². The zero-order valence-electron chi connectivity index (χ0n) is 13.7. The van der Waals surface area contributed by atoms with Crippen molar-refractivity contribution in [1.29, 1.82) is 0 Å². The van der Waals surface area contributed by atoms with Crippen LogP contribution in [0.4, 0.5) is 0 Å². The highest BCUT2D eigenvalue weighted by atomic mass is 16.2. The van der Waals surface area contributed by atoms with Crippen LogP contribution in [0.5, 0.6) is 0 Å². The molecule has 3 N–H and O–H groups in total. The van der Waals surface area contributed by atoms with Gasteiger partial charge in [0.25, 0.3) is 0 Å². The molecule has 0 radical (unpaired) electrons. The highest BCUT2D eigenvalue weighted by Crippen LogP contribution is 2.27. The van der Waals surface area contributed by atoms with Gasteiger partial charge >= 0.3 is 0 Å². The first-order valence-electron chi connectivity index (χ1n) is 8.23. The number of rotatable bonds is 7. The first kappa shape index (κ1) is 17.4. The second-order valence-corrected chi connectivity index (χ2v) is 6.51. The summed E-state index contributed by atoms with van der Waals surface area (Å²) in [5.74, 6) is 1.17. The minimum atomic E-state index is 0.148. The van der Waals surface area contributed by atoms with E-state index >= 15 is 0 Å². The molecule has 0 aliphatic heterocycles. The van der Waals surface area contributed by atoms with Gasteiger partial charge < -0.3 is 11.1 Å². The fourth-order valence-corrected chi connectivity index (χ4v) is 3.06. The molecule has 1 aliphatic rings. The maximum absolute atomic E-state index is 12.2. The lowest BCUT2D eigenvalue weighted by molar-refractivity contribution is -0.124. The predicted molar refractivity (Wildman–Crippen MR) is 84.5 cm³/mol. The Hall–Kier alpha value is -0.610. The van der Waals surface area contributed by atoms with Crippen molar-refractivity contribution < 1.29 is 4.79 Å². The number of nitrogens with two attached hydrogens (primary N) is 1. The summed E-state index contributed by atoms with van der Waals surface area (Å²) in [6.45, 7) is 10.6. The summed E-state index contributed by atoms with van der Waals surface area (Å²) in [6.07, 6.45) is 4.94. The summed E-state index contributed by atoms with van der Waals surface area (Å²) >= 11 is 0. The third-order valence-corrected chi connectivity index (χ3v) is 4.78. The second kappa shape index (κ2) is 8.63. The molecule has 3 atom stereocenters. The van der Waals surface area contributed by atoms with E-state index in [1.54, 1.807) is 0 Å². The summed E-state index contributed by atoms with van der Waals surface area (Å²) < 4.78 is 0. The van der Waals surface area contributed by atoms with Crippen LogP contribution in [0, 0.1) is 11.8 Å². The smallest absolute Gasteiger partial charge is 0.234 e. The minimum absolute atomic E-state index is 0.148. The van der Waals surface area contributed by atoms with Gasteiger partial charge in [-0.15, -0.1) is 0 Å². The molecule has 0 spiro atoms. The summed E-state index contributed by atoms with van der Waals surface area (Å²) in [6, 6.07) is 0.719.